The number of ether oxygens (including phenoxy) is 2. The van der Waals surface area contributed by atoms with Crippen LogP contribution in [0.25, 0.3) is 0 Å². The third-order valence-electron chi connectivity index (χ3n) is 2.08. The zero-order valence-electron chi connectivity index (χ0n) is 9.24. The summed E-state index contributed by atoms with van der Waals surface area (Å²) in [5, 5.41) is 5.98. The maximum Gasteiger partial charge on any atom is 0.285 e. The van der Waals surface area contributed by atoms with Gasteiger partial charge in [0.2, 0.25) is 11.2 Å². The predicted octanol–water partition coefficient (Wildman–Crippen LogP) is 2.36. The molecule has 1 aromatic heterocycles. The summed E-state index contributed by atoms with van der Waals surface area (Å²) in [7, 11) is 1.36. The summed E-state index contributed by atoms with van der Waals surface area (Å²) in [6.45, 7) is 0. The smallest absolute Gasteiger partial charge is 0.285 e. The Kier molecular flexibility index (Phi) is 3.47. The van der Waals surface area contributed by atoms with Crippen LogP contribution in [0.4, 0.5) is 4.39 Å². The third-order valence-corrected chi connectivity index (χ3v) is 2.28. The molecule has 0 saturated carbocycles. The summed E-state index contributed by atoms with van der Waals surface area (Å²) in [5.74, 6) is -1.03. The zero-order valence-corrected chi connectivity index (χ0v) is 9.99. The van der Waals surface area contributed by atoms with Crippen molar-refractivity contribution >= 4 is 11.6 Å². The molecule has 0 amide bonds. The number of methoxy groups -OCH3 is 1. The van der Waals surface area contributed by atoms with Gasteiger partial charge in [0, 0.05) is 6.07 Å². The number of aromatic nitrogens is 2. The van der Waals surface area contributed by atoms with E-state index in [0.717, 1.165) is 6.07 Å². The molecule has 0 aliphatic carbocycles. The van der Waals surface area contributed by atoms with Crippen molar-refractivity contribution in [3.05, 3.63) is 45.5 Å². The summed E-state index contributed by atoms with van der Waals surface area (Å²) >= 11 is 5.54. The first-order valence-electron chi connectivity index (χ1n) is 4.87. The van der Waals surface area contributed by atoms with Crippen LogP contribution in [-0.2, 0) is 0 Å². The Hall–Kier alpha value is -2.08. The second-order valence-electron chi connectivity index (χ2n) is 3.26. The second kappa shape index (κ2) is 5.05. The van der Waals surface area contributed by atoms with E-state index in [9.17, 15) is 9.18 Å². The number of hydrogen-bond donors (Lipinski definition) is 1. The second-order valence-corrected chi connectivity index (χ2v) is 3.67. The van der Waals surface area contributed by atoms with E-state index in [1.54, 1.807) is 0 Å². The van der Waals surface area contributed by atoms with Crippen molar-refractivity contribution in [1.82, 2.24) is 10.2 Å². The molecule has 7 heteroatoms. The van der Waals surface area contributed by atoms with Crippen LogP contribution in [0.1, 0.15) is 0 Å². The number of aromatic amines is 1. The Morgan fingerprint density at radius 1 is 1.44 bits per heavy atom. The fourth-order valence-corrected chi connectivity index (χ4v) is 1.43. The highest BCUT2D eigenvalue weighted by Crippen LogP contribution is 2.32. The van der Waals surface area contributed by atoms with Gasteiger partial charge in [0.25, 0.3) is 5.88 Å². The molecule has 0 unspecified atom stereocenters. The van der Waals surface area contributed by atoms with Gasteiger partial charge >= 0.3 is 0 Å². The Morgan fingerprint density at radius 2 is 2.22 bits per heavy atom. The van der Waals surface area contributed by atoms with E-state index in [0.29, 0.717) is 0 Å². The SMILES string of the molecule is COc1cccc(F)c1Oc1n[nH]c(Cl)cc1=O. The van der Waals surface area contributed by atoms with Crippen molar-refractivity contribution in [2.45, 2.75) is 0 Å². The van der Waals surface area contributed by atoms with Crippen molar-refractivity contribution in [1.29, 1.82) is 0 Å². The van der Waals surface area contributed by atoms with E-state index < -0.39 is 11.2 Å². The Morgan fingerprint density at radius 3 is 2.89 bits per heavy atom. The van der Waals surface area contributed by atoms with Crippen molar-refractivity contribution in [2.75, 3.05) is 7.11 Å². The van der Waals surface area contributed by atoms with Gasteiger partial charge in [0.15, 0.2) is 11.6 Å². The van der Waals surface area contributed by atoms with Gasteiger partial charge in [-0.15, -0.1) is 5.10 Å². The van der Waals surface area contributed by atoms with E-state index in [-0.39, 0.29) is 22.5 Å². The maximum atomic E-state index is 13.6. The molecule has 0 aliphatic heterocycles. The van der Waals surface area contributed by atoms with Gasteiger partial charge in [0.05, 0.1) is 7.11 Å². The minimum atomic E-state index is -0.662. The number of halogens is 2. The lowest BCUT2D eigenvalue weighted by molar-refractivity contribution is 0.355. The van der Waals surface area contributed by atoms with Crippen LogP contribution < -0.4 is 14.9 Å². The molecule has 18 heavy (non-hydrogen) atoms. The molecule has 0 fully saturated rings. The van der Waals surface area contributed by atoms with Crippen LogP contribution in [0.2, 0.25) is 5.15 Å². The Labute approximate surface area is 106 Å². The first-order chi connectivity index (χ1) is 8.61. The molecule has 0 atom stereocenters. The average molecular weight is 271 g/mol. The van der Waals surface area contributed by atoms with Crippen molar-refractivity contribution in [3.8, 4) is 17.4 Å². The van der Waals surface area contributed by atoms with Crippen molar-refractivity contribution in [2.24, 2.45) is 0 Å². The average Bonchev–Trinajstić information content (AvgIpc) is 2.34. The van der Waals surface area contributed by atoms with Crippen LogP contribution in [0.15, 0.2) is 29.1 Å². The molecule has 1 N–H and O–H groups in total. The van der Waals surface area contributed by atoms with Gasteiger partial charge in [-0.2, -0.15) is 0 Å². The van der Waals surface area contributed by atoms with Crippen molar-refractivity contribution in [3.63, 3.8) is 0 Å². The summed E-state index contributed by atoms with van der Waals surface area (Å²) in [4.78, 5) is 11.5. The normalized spacial score (nSPS) is 10.2. The van der Waals surface area contributed by atoms with E-state index >= 15 is 0 Å². The number of H-pyrrole nitrogens is 1. The van der Waals surface area contributed by atoms with E-state index in [4.69, 9.17) is 21.1 Å². The highest BCUT2D eigenvalue weighted by molar-refractivity contribution is 6.29. The van der Waals surface area contributed by atoms with Gasteiger partial charge in [-0.05, 0) is 12.1 Å². The zero-order chi connectivity index (χ0) is 13.1. The summed E-state index contributed by atoms with van der Waals surface area (Å²) in [5.41, 5.74) is -0.566. The van der Waals surface area contributed by atoms with Crippen LogP contribution in [0.3, 0.4) is 0 Å². The van der Waals surface area contributed by atoms with Gasteiger partial charge in [-0.3, -0.25) is 9.89 Å². The number of para-hydroxylation sites is 1. The first kappa shape index (κ1) is 12.4. The molecule has 1 heterocycles. The fraction of sp³-hybridized carbons (Fsp3) is 0.0909. The lowest BCUT2D eigenvalue weighted by Gasteiger charge is -2.09. The molecule has 5 nitrogen and oxygen atoms in total. The van der Waals surface area contributed by atoms with E-state index in [1.807, 2.05) is 0 Å². The molecule has 1 aromatic carbocycles. The molecular weight excluding hydrogens is 263 g/mol. The molecule has 2 aromatic rings. The quantitative estimate of drug-likeness (QED) is 0.930. The Balaban J connectivity index is 2.43. The minimum Gasteiger partial charge on any atom is -0.493 e. The lowest BCUT2D eigenvalue weighted by atomic mass is 10.3. The van der Waals surface area contributed by atoms with Gasteiger partial charge in [-0.25, -0.2) is 4.39 Å². The summed E-state index contributed by atoms with van der Waals surface area (Å²) in [6.07, 6.45) is 0. The lowest BCUT2D eigenvalue weighted by Crippen LogP contribution is -2.08. The van der Waals surface area contributed by atoms with Crippen LogP contribution in [0.5, 0.6) is 17.4 Å². The molecular formula is C11H8ClFN2O3. The number of nitrogens with zero attached hydrogens (tertiary/aromatic N) is 1. The van der Waals surface area contributed by atoms with Crippen molar-refractivity contribution < 1.29 is 13.9 Å². The Bertz CT molecular complexity index is 630. The van der Waals surface area contributed by atoms with Gasteiger partial charge in [-0.1, -0.05) is 17.7 Å². The van der Waals surface area contributed by atoms with Crippen LogP contribution >= 0.6 is 11.6 Å². The van der Waals surface area contributed by atoms with Gasteiger partial charge in [0.1, 0.15) is 5.15 Å². The summed E-state index contributed by atoms with van der Waals surface area (Å²) in [6, 6.07) is 5.22. The van der Waals surface area contributed by atoms with E-state index in [2.05, 4.69) is 10.2 Å². The third kappa shape index (κ3) is 2.43. The largest absolute Gasteiger partial charge is 0.493 e. The maximum absolute atomic E-state index is 13.6. The van der Waals surface area contributed by atoms with Crippen LogP contribution in [0, 0.1) is 5.82 Å². The number of nitrogens with one attached hydrogen (secondary N) is 1. The standard InChI is InChI=1S/C11H8ClFN2O3/c1-17-8-4-2-3-6(13)10(8)18-11-7(16)5-9(12)14-15-11/h2-5H,1H3,(H,14,16). The van der Waals surface area contributed by atoms with Crippen LogP contribution in [-0.4, -0.2) is 17.3 Å². The molecule has 94 valence electrons. The first-order valence-corrected chi connectivity index (χ1v) is 5.25. The highest BCUT2D eigenvalue weighted by atomic mass is 35.5. The predicted molar refractivity (Wildman–Crippen MR) is 62.9 cm³/mol. The molecule has 2 rings (SSSR count). The number of rotatable bonds is 3. The molecule has 0 radical (unpaired) electrons. The molecule has 0 bridgehead atoms. The minimum absolute atomic E-state index is 0.0628. The highest BCUT2D eigenvalue weighted by Gasteiger charge is 2.14. The number of hydrogen-bond acceptors (Lipinski definition) is 4. The monoisotopic (exact) mass is 270 g/mol. The van der Waals surface area contributed by atoms with Gasteiger partial charge < -0.3 is 9.47 Å². The molecule has 0 spiro atoms. The fourth-order valence-electron chi connectivity index (χ4n) is 1.29. The summed E-state index contributed by atoms with van der Waals surface area (Å²) < 4.78 is 23.6. The molecule has 0 aliphatic rings. The number of benzene rings is 1. The topological polar surface area (TPSA) is 64.2 Å². The molecule has 0 saturated heterocycles. The van der Waals surface area contributed by atoms with E-state index in [1.165, 1.54) is 25.3 Å².